The third kappa shape index (κ3) is 2.60. The predicted molar refractivity (Wildman–Crippen MR) is 85.5 cm³/mol. The average Bonchev–Trinajstić information content (AvgIpc) is 2.87. The number of fused-ring (bicyclic) bond motifs is 1. The van der Waals surface area contributed by atoms with Crippen molar-refractivity contribution in [2.24, 2.45) is 5.73 Å². The molecule has 112 valence electrons. The first-order valence-electron chi connectivity index (χ1n) is 7.31. The Bertz CT molecular complexity index is 739. The maximum Gasteiger partial charge on any atom is 0.240 e. The summed E-state index contributed by atoms with van der Waals surface area (Å²) in [6.07, 6.45) is 0.755. The number of nitrogens with zero attached hydrogens (tertiary/aromatic N) is 1. The van der Waals surface area contributed by atoms with E-state index >= 15 is 0 Å². The second-order valence-electron chi connectivity index (χ2n) is 5.68. The van der Waals surface area contributed by atoms with E-state index in [-0.39, 0.29) is 12.3 Å². The highest BCUT2D eigenvalue weighted by molar-refractivity contribution is 6.03. The van der Waals surface area contributed by atoms with Gasteiger partial charge in [0.1, 0.15) is 6.04 Å². The summed E-state index contributed by atoms with van der Waals surface area (Å²) in [4.78, 5) is 26.0. The maximum absolute atomic E-state index is 12.7. The predicted octanol–water partition coefficient (Wildman–Crippen LogP) is 1.98. The van der Waals surface area contributed by atoms with Gasteiger partial charge < -0.3 is 5.73 Å². The van der Waals surface area contributed by atoms with Gasteiger partial charge in [0.25, 0.3) is 0 Å². The van der Waals surface area contributed by atoms with Gasteiger partial charge in [0, 0.05) is 12.1 Å². The van der Waals surface area contributed by atoms with E-state index < -0.39 is 11.9 Å². The summed E-state index contributed by atoms with van der Waals surface area (Å²) in [5, 5.41) is 0. The Kier molecular flexibility index (Phi) is 3.67. The van der Waals surface area contributed by atoms with Crippen LogP contribution in [0.1, 0.15) is 16.7 Å². The molecule has 4 heteroatoms. The largest absolute Gasteiger partial charge is 0.368 e. The highest BCUT2D eigenvalue weighted by atomic mass is 16.2. The fourth-order valence-electron chi connectivity index (χ4n) is 3.00. The number of carbonyl (C=O) groups is 2. The van der Waals surface area contributed by atoms with Gasteiger partial charge in [-0.25, -0.2) is 0 Å². The fraction of sp³-hybridized carbons (Fsp3) is 0.222. The topological polar surface area (TPSA) is 63.4 Å². The van der Waals surface area contributed by atoms with Gasteiger partial charge in [-0.1, -0.05) is 48.0 Å². The quantitative estimate of drug-likeness (QED) is 0.941. The second-order valence-corrected chi connectivity index (χ2v) is 5.68. The monoisotopic (exact) mass is 294 g/mol. The SMILES string of the molecule is Cc1cccc(CC(=O)N2c3ccccc3C[C@H]2C(N)=O)c1. The molecule has 0 saturated heterocycles. The molecule has 2 N–H and O–H groups in total. The first kappa shape index (κ1) is 14.3. The average molecular weight is 294 g/mol. The lowest BCUT2D eigenvalue weighted by Crippen LogP contribution is -2.46. The lowest BCUT2D eigenvalue weighted by Gasteiger charge is -2.23. The van der Waals surface area contributed by atoms with Crippen molar-refractivity contribution < 1.29 is 9.59 Å². The molecule has 0 aromatic heterocycles. The van der Waals surface area contributed by atoms with E-state index in [4.69, 9.17) is 5.73 Å². The molecule has 1 heterocycles. The normalized spacial score (nSPS) is 16.4. The molecule has 3 rings (SSSR count). The minimum Gasteiger partial charge on any atom is -0.368 e. The molecule has 22 heavy (non-hydrogen) atoms. The standard InChI is InChI=1S/C18H18N2O2/c1-12-5-4-6-13(9-12)10-17(21)20-15-8-3-2-7-14(15)11-16(20)18(19)22/h2-9,16H,10-11H2,1H3,(H2,19,22)/t16-/m0/s1. The molecular weight excluding hydrogens is 276 g/mol. The Balaban J connectivity index is 1.90. The molecule has 2 amide bonds. The zero-order chi connectivity index (χ0) is 15.7. The molecular formula is C18H18N2O2. The van der Waals surface area contributed by atoms with Crippen molar-refractivity contribution in [3.63, 3.8) is 0 Å². The zero-order valence-corrected chi connectivity index (χ0v) is 12.5. The molecule has 4 nitrogen and oxygen atoms in total. The van der Waals surface area contributed by atoms with E-state index in [0.717, 1.165) is 22.4 Å². The Labute approximate surface area is 129 Å². The van der Waals surface area contributed by atoms with E-state index in [1.807, 2.05) is 55.5 Å². The van der Waals surface area contributed by atoms with Crippen LogP contribution in [0.5, 0.6) is 0 Å². The van der Waals surface area contributed by atoms with Crippen LogP contribution in [-0.4, -0.2) is 17.9 Å². The number of hydrogen-bond acceptors (Lipinski definition) is 2. The minimum atomic E-state index is -0.588. The number of amides is 2. The van der Waals surface area contributed by atoms with Crippen LogP contribution in [0.4, 0.5) is 5.69 Å². The van der Waals surface area contributed by atoms with E-state index in [0.29, 0.717) is 6.42 Å². The molecule has 0 spiro atoms. The third-order valence-corrected chi connectivity index (χ3v) is 4.01. The minimum absolute atomic E-state index is 0.0978. The molecule has 1 aliphatic heterocycles. The van der Waals surface area contributed by atoms with Crippen molar-refractivity contribution >= 4 is 17.5 Å². The molecule has 0 saturated carbocycles. The molecule has 0 radical (unpaired) electrons. The van der Waals surface area contributed by atoms with Crippen LogP contribution in [0.2, 0.25) is 0 Å². The van der Waals surface area contributed by atoms with Crippen LogP contribution in [0.25, 0.3) is 0 Å². The first-order chi connectivity index (χ1) is 10.6. The highest BCUT2D eigenvalue weighted by Crippen LogP contribution is 2.32. The molecule has 0 fully saturated rings. The van der Waals surface area contributed by atoms with Crippen molar-refractivity contribution in [1.29, 1.82) is 0 Å². The number of anilines is 1. The van der Waals surface area contributed by atoms with Gasteiger partial charge in [0.2, 0.25) is 11.8 Å². The van der Waals surface area contributed by atoms with Gasteiger partial charge in [-0.3, -0.25) is 14.5 Å². The smallest absolute Gasteiger partial charge is 0.240 e. The van der Waals surface area contributed by atoms with Crippen LogP contribution in [0.15, 0.2) is 48.5 Å². The molecule has 0 unspecified atom stereocenters. The van der Waals surface area contributed by atoms with Crippen molar-refractivity contribution in [3.05, 3.63) is 65.2 Å². The molecule has 2 aromatic rings. The molecule has 0 aliphatic carbocycles. The Morgan fingerprint density at radius 2 is 1.95 bits per heavy atom. The Morgan fingerprint density at radius 1 is 1.18 bits per heavy atom. The Morgan fingerprint density at radius 3 is 2.68 bits per heavy atom. The van der Waals surface area contributed by atoms with Gasteiger partial charge in [-0.2, -0.15) is 0 Å². The Hall–Kier alpha value is -2.62. The number of primary amides is 1. The van der Waals surface area contributed by atoms with Crippen LogP contribution in [-0.2, 0) is 22.4 Å². The molecule has 1 aliphatic rings. The van der Waals surface area contributed by atoms with Crippen LogP contribution >= 0.6 is 0 Å². The lowest BCUT2D eigenvalue weighted by atomic mass is 10.1. The fourth-order valence-corrected chi connectivity index (χ4v) is 3.00. The number of carbonyl (C=O) groups excluding carboxylic acids is 2. The summed E-state index contributed by atoms with van der Waals surface area (Å²) in [7, 11) is 0. The number of nitrogens with two attached hydrogens (primary N) is 1. The van der Waals surface area contributed by atoms with Crippen molar-refractivity contribution in [2.75, 3.05) is 4.90 Å². The van der Waals surface area contributed by atoms with Gasteiger partial charge in [-0.15, -0.1) is 0 Å². The van der Waals surface area contributed by atoms with Crippen LogP contribution in [0, 0.1) is 6.92 Å². The van der Waals surface area contributed by atoms with Crippen molar-refractivity contribution in [3.8, 4) is 0 Å². The summed E-state index contributed by atoms with van der Waals surface area (Å²) < 4.78 is 0. The summed E-state index contributed by atoms with van der Waals surface area (Å²) >= 11 is 0. The first-order valence-corrected chi connectivity index (χ1v) is 7.31. The highest BCUT2D eigenvalue weighted by Gasteiger charge is 2.36. The molecule has 2 aromatic carbocycles. The van der Waals surface area contributed by atoms with Gasteiger partial charge in [0.05, 0.1) is 6.42 Å². The van der Waals surface area contributed by atoms with E-state index in [1.165, 1.54) is 0 Å². The summed E-state index contributed by atoms with van der Waals surface area (Å²) in [5.74, 6) is -0.562. The van der Waals surface area contributed by atoms with Crippen LogP contribution in [0.3, 0.4) is 0 Å². The number of para-hydroxylation sites is 1. The molecule has 0 bridgehead atoms. The summed E-state index contributed by atoms with van der Waals surface area (Å²) in [5.41, 5.74) is 9.33. The van der Waals surface area contributed by atoms with Crippen molar-refractivity contribution in [1.82, 2.24) is 0 Å². The number of aryl methyl sites for hydroxylation is 1. The van der Waals surface area contributed by atoms with Gasteiger partial charge in [0.15, 0.2) is 0 Å². The van der Waals surface area contributed by atoms with E-state index in [1.54, 1.807) is 4.90 Å². The van der Waals surface area contributed by atoms with E-state index in [2.05, 4.69) is 0 Å². The summed E-state index contributed by atoms with van der Waals surface area (Å²) in [6.45, 7) is 1.99. The number of rotatable bonds is 3. The van der Waals surface area contributed by atoms with Crippen molar-refractivity contribution in [2.45, 2.75) is 25.8 Å². The second kappa shape index (κ2) is 5.64. The summed E-state index contributed by atoms with van der Waals surface area (Å²) in [6, 6.07) is 14.8. The van der Waals surface area contributed by atoms with Gasteiger partial charge in [-0.05, 0) is 24.1 Å². The van der Waals surface area contributed by atoms with E-state index in [9.17, 15) is 9.59 Å². The maximum atomic E-state index is 12.7. The number of hydrogen-bond donors (Lipinski definition) is 1. The number of benzene rings is 2. The third-order valence-electron chi connectivity index (χ3n) is 4.01. The van der Waals surface area contributed by atoms with Crippen LogP contribution < -0.4 is 10.6 Å². The lowest BCUT2D eigenvalue weighted by molar-refractivity contribution is -0.124. The van der Waals surface area contributed by atoms with Gasteiger partial charge >= 0.3 is 0 Å². The molecule has 1 atom stereocenters. The zero-order valence-electron chi connectivity index (χ0n) is 12.5.